The van der Waals surface area contributed by atoms with Gasteiger partial charge in [0, 0.05) is 13.1 Å². The molecule has 0 saturated carbocycles. The smallest absolute Gasteiger partial charge is 0.242 e. The quantitative estimate of drug-likeness (QED) is 0.482. The molecule has 30 heavy (non-hydrogen) atoms. The highest BCUT2D eigenvalue weighted by Gasteiger charge is 2.23. The van der Waals surface area contributed by atoms with Crippen LogP contribution < -0.4 is 4.74 Å². The summed E-state index contributed by atoms with van der Waals surface area (Å²) in [7, 11) is 0. The lowest BCUT2D eigenvalue weighted by Gasteiger charge is -2.27. The first kappa shape index (κ1) is 21.9. The Morgan fingerprint density at radius 1 is 0.933 bits per heavy atom. The summed E-state index contributed by atoms with van der Waals surface area (Å²) in [5.41, 5.74) is 1.83. The number of benzene rings is 2. The lowest BCUT2D eigenvalue weighted by atomic mass is 10.1. The van der Waals surface area contributed by atoms with E-state index in [1.807, 2.05) is 71.0 Å². The lowest BCUT2D eigenvalue weighted by Crippen LogP contribution is -2.39. The first-order chi connectivity index (χ1) is 14.3. The summed E-state index contributed by atoms with van der Waals surface area (Å²) in [6, 6.07) is 17.7. The summed E-state index contributed by atoms with van der Waals surface area (Å²) < 4.78 is 8.15. The molecule has 1 heterocycles. The molecule has 1 atom stereocenters. The topological polar surface area (TPSA) is 47.4 Å². The third kappa shape index (κ3) is 5.41. The summed E-state index contributed by atoms with van der Waals surface area (Å²) in [5.74, 6) is 2.52. The second kappa shape index (κ2) is 9.79. The van der Waals surface area contributed by atoms with Crippen molar-refractivity contribution in [1.82, 2.24) is 14.5 Å². The molecule has 5 heteroatoms. The Morgan fingerprint density at radius 3 is 2.17 bits per heavy atom. The summed E-state index contributed by atoms with van der Waals surface area (Å²) in [4.78, 5) is 20.1. The minimum atomic E-state index is -0.281. The second-order valence-electron chi connectivity index (χ2n) is 8.70. The maximum atomic E-state index is 13.3. The van der Waals surface area contributed by atoms with Crippen LogP contribution in [0, 0.1) is 11.8 Å². The van der Waals surface area contributed by atoms with E-state index < -0.39 is 0 Å². The minimum Gasteiger partial charge on any atom is -0.483 e. The van der Waals surface area contributed by atoms with Crippen molar-refractivity contribution in [3.63, 3.8) is 0 Å². The van der Waals surface area contributed by atoms with Gasteiger partial charge in [0.15, 0.2) is 11.9 Å². The van der Waals surface area contributed by atoms with Gasteiger partial charge < -0.3 is 14.2 Å². The molecule has 0 bridgehead atoms. The van der Waals surface area contributed by atoms with Crippen LogP contribution in [0.2, 0.25) is 0 Å². The standard InChI is InChI=1S/C25H33N3O2/c1-18(2)15-27(16-19(3)4)24(29)17-28-23-14-10-9-13-22(23)26-25(28)20(5)30-21-11-7-6-8-12-21/h6-14,18-20H,15-17H2,1-5H3. The molecule has 0 aliphatic heterocycles. The molecule has 0 N–H and O–H groups in total. The Balaban J connectivity index is 1.91. The van der Waals surface area contributed by atoms with E-state index in [-0.39, 0.29) is 18.6 Å². The molecule has 2 aromatic carbocycles. The SMILES string of the molecule is CC(C)CN(CC(C)C)C(=O)Cn1c(C(C)Oc2ccccc2)nc2ccccc21. The van der Waals surface area contributed by atoms with Crippen LogP contribution in [0.15, 0.2) is 54.6 Å². The van der Waals surface area contributed by atoms with Crippen LogP contribution in [0.25, 0.3) is 11.0 Å². The highest BCUT2D eigenvalue weighted by Crippen LogP contribution is 2.25. The number of fused-ring (bicyclic) bond motifs is 1. The van der Waals surface area contributed by atoms with E-state index >= 15 is 0 Å². The summed E-state index contributed by atoms with van der Waals surface area (Å²) in [6.45, 7) is 12.3. The fraction of sp³-hybridized carbons (Fsp3) is 0.440. The number of carbonyl (C=O) groups is 1. The van der Waals surface area contributed by atoms with Crippen LogP contribution in [0.4, 0.5) is 0 Å². The van der Waals surface area contributed by atoms with Crippen LogP contribution in [0.5, 0.6) is 5.75 Å². The average molecular weight is 408 g/mol. The first-order valence-corrected chi connectivity index (χ1v) is 10.8. The van der Waals surface area contributed by atoms with E-state index in [1.165, 1.54) is 0 Å². The van der Waals surface area contributed by atoms with Gasteiger partial charge in [-0.05, 0) is 43.0 Å². The Morgan fingerprint density at radius 2 is 1.53 bits per heavy atom. The molecule has 1 aromatic heterocycles. The number of para-hydroxylation sites is 3. The van der Waals surface area contributed by atoms with Crippen LogP contribution in [0.1, 0.15) is 46.5 Å². The van der Waals surface area contributed by atoms with E-state index in [1.54, 1.807) is 0 Å². The normalized spacial score (nSPS) is 12.5. The number of imidazole rings is 1. The van der Waals surface area contributed by atoms with Gasteiger partial charge in [-0.3, -0.25) is 4.79 Å². The zero-order valence-electron chi connectivity index (χ0n) is 18.7. The van der Waals surface area contributed by atoms with Gasteiger partial charge in [0.1, 0.15) is 12.3 Å². The molecule has 0 radical (unpaired) electrons. The van der Waals surface area contributed by atoms with E-state index in [0.717, 1.165) is 35.7 Å². The van der Waals surface area contributed by atoms with Gasteiger partial charge in [-0.2, -0.15) is 0 Å². The van der Waals surface area contributed by atoms with Gasteiger partial charge in [-0.1, -0.05) is 58.0 Å². The summed E-state index contributed by atoms with van der Waals surface area (Å²) in [5, 5.41) is 0. The van der Waals surface area contributed by atoms with Crippen LogP contribution in [-0.2, 0) is 11.3 Å². The van der Waals surface area contributed by atoms with Crippen molar-refractivity contribution in [3.05, 3.63) is 60.4 Å². The zero-order chi connectivity index (χ0) is 21.7. The molecule has 0 aliphatic carbocycles. The second-order valence-corrected chi connectivity index (χ2v) is 8.70. The zero-order valence-corrected chi connectivity index (χ0v) is 18.7. The molecule has 0 spiro atoms. The third-order valence-corrected chi connectivity index (χ3v) is 4.92. The number of amides is 1. The van der Waals surface area contributed by atoms with Gasteiger partial charge >= 0.3 is 0 Å². The summed E-state index contributed by atoms with van der Waals surface area (Å²) in [6.07, 6.45) is -0.281. The molecule has 5 nitrogen and oxygen atoms in total. The number of hydrogen-bond acceptors (Lipinski definition) is 3. The Bertz CT molecular complexity index is 953. The fourth-order valence-electron chi connectivity index (χ4n) is 3.72. The summed E-state index contributed by atoms with van der Waals surface area (Å²) >= 11 is 0. The largest absolute Gasteiger partial charge is 0.483 e. The van der Waals surface area contributed by atoms with E-state index in [0.29, 0.717) is 11.8 Å². The van der Waals surface area contributed by atoms with Gasteiger partial charge in [0.05, 0.1) is 11.0 Å². The van der Waals surface area contributed by atoms with Crippen molar-refractivity contribution in [3.8, 4) is 5.75 Å². The Kier molecular flexibility index (Phi) is 7.14. The number of nitrogens with zero attached hydrogens (tertiary/aromatic N) is 3. The molecule has 1 amide bonds. The number of rotatable bonds is 9. The molecule has 3 aromatic rings. The predicted molar refractivity (Wildman–Crippen MR) is 121 cm³/mol. The number of hydrogen-bond donors (Lipinski definition) is 0. The molecule has 1 unspecified atom stereocenters. The van der Waals surface area contributed by atoms with Gasteiger partial charge in [0.25, 0.3) is 0 Å². The number of ether oxygens (including phenoxy) is 1. The molecular weight excluding hydrogens is 374 g/mol. The van der Waals surface area contributed by atoms with E-state index in [9.17, 15) is 4.79 Å². The van der Waals surface area contributed by atoms with Crippen molar-refractivity contribution in [2.45, 2.75) is 47.3 Å². The van der Waals surface area contributed by atoms with Crippen molar-refractivity contribution in [2.24, 2.45) is 11.8 Å². The van der Waals surface area contributed by atoms with E-state index in [2.05, 4.69) is 27.7 Å². The number of aromatic nitrogens is 2. The molecule has 0 aliphatic rings. The van der Waals surface area contributed by atoms with Gasteiger partial charge in [0.2, 0.25) is 5.91 Å². The fourth-order valence-corrected chi connectivity index (χ4v) is 3.72. The third-order valence-electron chi connectivity index (χ3n) is 4.92. The lowest BCUT2D eigenvalue weighted by molar-refractivity contribution is -0.132. The van der Waals surface area contributed by atoms with Crippen LogP contribution >= 0.6 is 0 Å². The minimum absolute atomic E-state index is 0.119. The van der Waals surface area contributed by atoms with Crippen molar-refractivity contribution >= 4 is 16.9 Å². The average Bonchev–Trinajstić information content (AvgIpc) is 3.06. The van der Waals surface area contributed by atoms with Crippen molar-refractivity contribution in [2.75, 3.05) is 13.1 Å². The Hall–Kier alpha value is -2.82. The van der Waals surface area contributed by atoms with Crippen molar-refractivity contribution < 1.29 is 9.53 Å². The maximum Gasteiger partial charge on any atom is 0.242 e. The first-order valence-electron chi connectivity index (χ1n) is 10.8. The highest BCUT2D eigenvalue weighted by molar-refractivity contribution is 5.81. The molecule has 3 rings (SSSR count). The molecule has 0 saturated heterocycles. The highest BCUT2D eigenvalue weighted by atomic mass is 16.5. The Labute approximate surface area is 179 Å². The van der Waals surface area contributed by atoms with E-state index in [4.69, 9.17) is 9.72 Å². The number of carbonyl (C=O) groups excluding carboxylic acids is 1. The molecule has 0 fully saturated rings. The molecular formula is C25H33N3O2. The monoisotopic (exact) mass is 407 g/mol. The predicted octanol–water partition coefficient (Wildman–Crippen LogP) is 5.32. The van der Waals surface area contributed by atoms with Crippen LogP contribution in [-0.4, -0.2) is 33.4 Å². The van der Waals surface area contributed by atoms with Crippen molar-refractivity contribution in [1.29, 1.82) is 0 Å². The van der Waals surface area contributed by atoms with Gasteiger partial charge in [-0.15, -0.1) is 0 Å². The molecule has 160 valence electrons. The maximum absolute atomic E-state index is 13.3. The van der Waals surface area contributed by atoms with Crippen LogP contribution in [0.3, 0.4) is 0 Å². The van der Waals surface area contributed by atoms with Gasteiger partial charge in [-0.25, -0.2) is 4.98 Å².